The average Bonchev–Trinajstić information content (AvgIpc) is 2.92. The van der Waals surface area contributed by atoms with Crippen LogP contribution in [0.15, 0.2) is 30.3 Å². The van der Waals surface area contributed by atoms with Gasteiger partial charge in [-0.25, -0.2) is 4.79 Å². The molecule has 0 spiro atoms. The summed E-state index contributed by atoms with van der Waals surface area (Å²) in [7, 11) is 0. The third-order valence-corrected chi connectivity index (χ3v) is 4.06. The van der Waals surface area contributed by atoms with Gasteiger partial charge in [0, 0.05) is 0 Å². The number of esters is 1. The lowest BCUT2D eigenvalue weighted by molar-refractivity contribution is -0.159. The van der Waals surface area contributed by atoms with E-state index < -0.39 is 18.2 Å². The molecule has 21 heavy (non-hydrogen) atoms. The Bertz CT molecular complexity index is 682. The van der Waals surface area contributed by atoms with Crippen molar-refractivity contribution in [2.75, 3.05) is 6.61 Å². The maximum Gasteiger partial charge on any atom is 0.338 e. The summed E-state index contributed by atoms with van der Waals surface area (Å²) in [4.78, 5) is 11.6. The number of aliphatic hydroxyl groups is 2. The fourth-order valence-corrected chi connectivity index (χ4v) is 3.05. The Labute approximate surface area is 123 Å². The van der Waals surface area contributed by atoms with E-state index in [1.54, 1.807) is 13.0 Å². The molecule has 4 nitrogen and oxygen atoms in total. The zero-order valence-corrected chi connectivity index (χ0v) is 11.9. The van der Waals surface area contributed by atoms with E-state index in [2.05, 4.69) is 6.07 Å². The van der Waals surface area contributed by atoms with Crippen LogP contribution in [-0.4, -0.2) is 28.9 Å². The van der Waals surface area contributed by atoms with Crippen LogP contribution in [0, 0.1) is 0 Å². The van der Waals surface area contributed by atoms with E-state index >= 15 is 0 Å². The smallest absolute Gasteiger partial charge is 0.338 e. The van der Waals surface area contributed by atoms with E-state index in [1.807, 2.05) is 18.2 Å². The zero-order chi connectivity index (χ0) is 15.0. The second-order valence-corrected chi connectivity index (χ2v) is 5.30. The van der Waals surface area contributed by atoms with Gasteiger partial charge in [0.1, 0.15) is 6.10 Å². The number of hydrogen-bond acceptors (Lipinski definition) is 4. The summed E-state index contributed by atoms with van der Waals surface area (Å²) in [5.74, 6) is -0.798. The van der Waals surface area contributed by atoms with Crippen LogP contribution in [0.25, 0.3) is 10.8 Å². The zero-order valence-electron chi connectivity index (χ0n) is 11.9. The van der Waals surface area contributed by atoms with Gasteiger partial charge in [-0.15, -0.1) is 0 Å². The minimum Gasteiger partial charge on any atom is -0.464 e. The summed E-state index contributed by atoms with van der Waals surface area (Å²) in [6, 6.07) is 9.70. The van der Waals surface area contributed by atoms with Gasteiger partial charge in [-0.2, -0.15) is 0 Å². The second-order valence-electron chi connectivity index (χ2n) is 5.30. The van der Waals surface area contributed by atoms with Gasteiger partial charge < -0.3 is 14.9 Å². The molecule has 110 valence electrons. The molecular weight excluding hydrogens is 268 g/mol. The van der Waals surface area contributed by atoms with Crippen LogP contribution in [0.2, 0.25) is 0 Å². The lowest BCUT2D eigenvalue weighted by atomic mass is 9.94. The lowest BCUT2D eigenvalue weighted by Gasteiger charge is -2.19. The number of carbonyl (C=O) groups excluding carboxylic acids is 1. The van der Waals surface area contributed by atoms with Crippen LogP contribution in [0.3, 0.4) is 0 Å². The highest BCUT2D eigenvalue weighted by Crippen LogP contribution is 2.35. The molecule has 0 saturated carbocycles. The highest BCUT2D eigenvalue weighted by molar-refractivity contribution is 5.94. The average molecular weight is 286 g/mol. The van der Waals surface area contributed by atoms with Gasteiger partial charge in [0.15, 0.2) is 6.10 Å². The highest BCUT2D eigenvalue weighted by atomic mass is 16.5. The quantitative estimate of drug-likeness (QED) is 0.842. The maximum absolute atomic E-state index is 11.6. The third-order valence-electron chi connectivity index (χ3n) is 4.06. The van der Waals surface area contributed by atoms with Gasteiger partial charge in [0.2, 0.25) is 0 Å². The van der Waals surface area contributed by atoms with Gasteiger partial charge in [-0.1, -0.05) is 30.3 Å². The Morgan fingerprint density at radius 3 is 2.62 bits per heavy atom. The third kappa shape index (κ3) is 2.30. The van der Waals surface area contributed by atoms with Crippen LogP contribution in [-0.2, 0) is 22.4 Å². The SMILES string of the molecule is CCOC(=O)C(O)C(O)c1ccc2c3c(cccc13)CC2. The first-order valence-corrected chi connectivity index (χ1v) is 7.19. The molecule has 0 saturated heterocycles. The molecule has 0 amide bonds. The Hall–Kier alpha value is -1.91. The van der Waals surface area contributed by atoms with Crippen LogP contribution in [0.5, 0.6) is 0 Å². The molecule has 2 aromatic carbocycles. The molecule has 0 aromatic heterocycles. The van der Waals surface area contributed by atoms with E-state index in [0.717, 1.165) is 23.6 Å². The van der Waals surface area contributed by atoms with Crippen LogP contribution >= 0.6 is 0 Å². The molecule has 0 fully saturated rings. The number of carbonyl (C=O) groups is 1. The molecule has 2 N–H and O–H groups in total. The number of aryl methyl sites for hydroxylation is 2. The van der Waals surface area contributed by atoms with E-state index in [4.69, 9.17) is 4.74 Å². The van der Waals surface area contributed by atoms with Crippen LogP contribution in [0.1, 0.15) is 29.7 Å². The highest BCUT2D eigenvalue weighted by Gasteiger charge is 2.29. The van der Waals surface area contributed by atoms with E-state index in [1.165, 1.54) is 11.1 Å². The molecule has 2 aromatic rings. The Balaban J connectivity index is 2.04. The van der Waals surface area contributed by atoms with Crippen molar-refractivity contribution in [2.24, 2.45) is 0 Å². The summed E-state index contributed by atoms with van der Waals surface area (Å²) in [6.07, 6.45) is -0.864. The molecule has 1 aliphatic carbocycles. The summed E-state index contributed by atoms with van der Waals surface area (Å²) >= 11 is 0. The molecule has 2 atom stereocenters. The molecule has 0 heterocycles. The topological polar surface area (TPSA) is 66.8 Å². The van der Waals surface area contributed by atoms with Crippen molar-refractivity contribution in [3.05, 3.63) is 47.0 Å². The number of benzene rings is 2. The lowest BCUT2D eigenvalue weighted by Crippen LogP contribution is -2.30. The first-order chi connectivity index (χ1) is 10.1. The van der Waals surface area contributed by atoms with Crippen molar-refractivity contribution in [3.63, 3.8) is 0 Å². The number of aliphatic hydroxyl groups excluding tert-OH is 2. The van der Waals surface area contributed by atoms with Gasteiger partial charge in [0.05, 0.1) is 6.61 Å². The molecular formula is C17H18O4. The Kier molecular flexibility index (Phi) is 3.66. The molecule has 3 rings (SSSR count). The van der Waals surface area contributed by atoms with Gasteiger partial charge in [-0.05, 0) is 47.2 Å². The predicted molar refractivity (Wildman–Crippen MR) is 79.0 cm³/mol. The molecule has 0 aliphatic heterocycles. The first-order valence-electron chi connectivity index (χ1n) is 7.19. The van der Waals surface area contributed by atoms with E-state index in [9.17, 15) is 15.0 Å². The predicted octanol–water partition coefficient (Wildman–Crippen LogP) is 1.90. The van der Waals surface area contributed by atoms with Gasteiger partial charge in [0.25, 0.3) is 0 Å². The van der Waals surface area contributed by atoms with Gasteiger partial charge >= 0.3 is 5.97 Å². The maximum atomic E-state index is 11.6. The molecule has 2 unspecified atom stereocenters. The fourth-order valence-electron chi connectivity index (χ4n) is 3.05. The second kappa shape index (κ2) is 5.47. The molecule has 4 heteroatoms. The summed E-state index contributed by atoms with van der Waals surface area (Å²) in [6.45, 7) is 1.84. The van der Waals surface area contributed by atoms with Crippen molar-refractivity contribution >= 4 is 16.7 Å². The molecule has 0 bridgehead atoms. The van der Waals surface area contributed by atoms with Crippen molar-refractivity contribution < 1.29 is 19.7 Å². The minimum atomic E-state index is -1.57. The molecule has 1 aliphatic rings. The summed E-state index contributed by atoms with van der Waals surface area (Å²) in [5.41, 5.74) is 3.07. The summed E-state index contributed by atoms with van der Waals surface area (Å²) < 4.78 is 4.77. The van der Waals surface area contributed by atoms with Crippen molar-refractivity contribution in [1.29, 1.82) is 0 Å². The van der Waals surface area contributed by atoms with E-state index in [-0.39, 0.29) is 6.61 Å². The number of ether oxygens (including phenoxy) is 1. The molecule has 0 radical (unpaired) electrons. The van der Waals surface area contributed by atoms with Crippen LogP contribution < -0.4 is 0 Å². The van der Waals surface area contributed by atoms with Gasteiger partial charge in [-0.3, -0.25) is 0 Å². The van der Waals surface area contributed by atoms with Crippen LogP contribution in [0.4, 0.5) is 0 Å². The Morgan fingerprint density at radius 2 is 1.90 bits per heavy atom. The van der Waals surface area contributed by atoms with Crippen molar-refractivity contribution in [1.82, 2.24) is 0 Å². The standard InChI is InChI=1S/C17H18O4/c1-2-21-17(20)16(19)15(18)13-9-8-11-7-6-10-4-3-5-12(13)14(10)11/h3-5,8-9,15-16,18-19H,2,6-7H2,1H3. The summed E-state index contributed by atoms with van der Waals surface area (Å²) in [5, 5.41) is 22.3. The number of rotatable bonds is 4. The Morgan fingerprint density at radius 1 is 1.19 bits per heavy atom. The van der Waals surface area contributed by atoms with Crippen molar-refractivity contribution in [3.8, 4) is 0 Å². The number of hydrogen-bond donors (Lipinski definition) is 2. The first kappa shape index (κ1) is 14.0. The fraction of sp³-hybridized carbons (Fsp3) is 0.353. The van der Waals surface area contributed by atoms with Crippen molar-refractivity contribution in [2.45, 2.75) is 32.0 Å². The largest absolute Gasteiger partial charge is 0.464 e. The minimum absolute atomic E-state index is 0.173. The monoisotopic (exact) mass is 286 g/mol. The van der Waals surface area contributed by atoms with E-state index in [0.29, 0.717) is 5.56 Å². The normalized spacial score (nSPS) is 16.0.